The van der Waals surface area contributed by atoms with Crippen LogP contribution in [-0.4, -0.2) is 30.1 Å². The van der Waals surface area contributed by atoms with Gasteiger partial charge in [0.05, 0.1) is 6.10 Å². The van der Waals surface area contributed by atoms with Gasteiger partial charge in [0.25, 0.3) is 0 Å². The molecule has 1 fully saturated rings. The van der Waals surface area contributed by atoms with Gasteiger partial charge in [-0.1, -0.05) is 30.7 Å². The second-order valence-corrected chi connectivity index (χ2v) is 6.07. The van der Waals surface area contributed by atoms with Crippen LogP contribution in [0.3, 0.4) is 0 Å². The predicted octanol–water partition coefficient (Wildman–Crippen LogP) is 2.92. The number of likely N-dealkylation sites (N-methyl/N-ethyl adjacent to an activating group) is 1. The Bertz CT molecular complexity index is 416. The molecule has 1 aliphatic rings. The van der Waals surface area contributed by atoms with E-state index in [2.05, 4.69) is 50.9 Å². The molecule has 2 rings (SSSR count). The molecule has 2 heteroatoms. The van der Waals surface area contributed by atoms with Crippen molar-refractivity contribution in [3.05, 3.63) is 34.9 Å². The van der Waals surface area contributed by atoms with Crippen molar-refractivity contribution in [3.63, 3.8) is 0 Å². The third-order valence-electron chi connectivity index (χ3n) is 4.09. The lowest BCUT2D eigenvalue weighted by atomic mass is 10.0. The Kier molecular flexibility index (Phi) is 4.08. The third kappa shape index (κ3) is 3.33. The van der Waals surface area contributed by atoms with Crippen molar-refractivity contribution in [1.29, 1.82) is 0 Å². The predicted molar refractivity (Wildman–Crippen MR) is 75.6 cm³/mol. The molecule has 0 spiro atoms. The van der Waals surface area contributed by atoms with Crippen LogP contribution in [-0.2, 0) is 0 Å². The van der Waals surface area contributed by atoms with Gasteiger partial charge in [-0.05, 0) is 50.3 Å². The Labute approximate surface area is 111 Å². The fraction of sp³-hybridized carbons (Fsp3) is 0.625. The zero-order valence-corrected chi connectivity index (χ0v) is 12.0. The van der Waals surface area contributed by atoms with Crippen molar-refractivity contribution in [2.45, 2.75) is 33.3 Å². The topological polar surface area (TPSA) is 23.5 Å². The lowest BCUT2D eigenvalue weighted by Crippen LogP contribution is -2.27. The number of hydrogen-bond donors (Lipinski definition) is 1. The molecule has 0 radical (unpaired) electrons. The van der Waals surface area contributed by atoms with Gasteiger partial charge in [0.2, 0.25) is 0 Å². The first-order chi connectivity index (χ1) is 8.47. The minimum Gasteiger partial charge on any atom is -0.387 e. The van der Waals surface area contributed by atoms with Gasteiger partial charge in [0.1, 0.15) is 0 Å². The van der Waals surface area contributed by atoms with Crippen LogP contribution in [0.15, 0.2) is 18.2 Å². The van der Waals surface area contributed by atoms with Crippen molar-refractivity contribution in [1.82, 2.24) is 4.90 Å². The van der Waals surface area contributed by atoms with Crippen LogP contribution in [0, 0.1) is 25.7 Å². The quantitative estimate of drug-likeness (QED) is 0.865. The fourth-order valence-electron chi connectivity index (χ4n) is 2.72. The van der Waals surface area contributed by atoms with Crippen LogP contribution in [0.25, 0.3) is 0 Å². The van der Waals surface area contributed by atoms with Gasteiger partial charge >= 0.3 is 0 Å². The summed E-state index contributed by atoms with van der Waals surface area (Å²) >= 11 is 0. The standard InChI is InChI=1S/C16H25NO/c1-11-5-6-15(13(3)7-11)16(18)10-17(4)9-14-8-12(14)2/h5-7,12,14,16,18H,8-10H2,1-4H3. The van der Waals surface area contributed by atoms with E-state index in [1.54, 1.807) is 0 Å². The highest BCUT2D eigenvalue weighted by molar-refractivity contribution is 5.32. The lowest BCUT2D eigenvalue weighted by molar-refractivity contribution is 0.123. The normalized spacial score (nSPS) is 24.3. The average molecular weight is 247 g/mol. The minimum atomic E-state index is -0.371. The maximum absolute atomic E-state index is 10.3. The first kappa shape index (κ1) is 13.6. The number of hydrogen-bond acceptors (Lipinski definition) is 2. The molecule has 1 N–H and O–H groups in total. The van der Waals surface area contributed by atoms with Gasteiger partial charge in [-0.3, -0.25) is 0 Å². The van der Waals surface area contributed by atoms with Gasteiger partial charge in [0, 0.05) is 13.1 Å². The summed E-state index contributed by atoms with van der Waals surface area (Å²) in [5, 5.41) is 10.3. The van der Waals surface area contributed by atoms with Crippen LogP contribution in [0.2, 0.25) is 0 Å². The van der Waals surface area contributed by atoms with Gasteiger partial charge in [-0.2, -0.15) is 0 Å². The van der Waals surface area contributed by atoms with Gasteiger partial charge in [0.15, 0.2) is 0 Å². The van der Waals surface area contributed by atoms with E-state index >= 15 is 0 Å². The summed E-state index contributed by atoms with van der Waals surface area (Å²) in [7, 11) is 2.11. The highest BCUT2D eigenvalue weighted by atomic mass is 16.3. The van der Waals surface area contributed by atoms with Crippen molar-refractivity contribution >= 4 is 0 Å². The largest absolute Gasteiger partial charge is 0.387 e. The second-order valence-electron chi connectivity index (χ2n) is 6.07. The molecule has 18 heavy (non-hydrogen) atoms. The SMILES string of the molecule is Cc1ccc(C(O)CN(C)CC2CC2C)c(C)c1. The molecule has 3 unspecified atom stereocenters. The van der Waals surface area contributed by atoms with Crippen LogP contribution in [0.1, 0.15) is 36.1 Å². The summed E-state index contributed by atoms with van der Waals surface area (Å²) in [6, 6.07) is 6.28. The number of benzene rings is 1. The summed E-state index contributed by atoms with van der Waals surface area (Å²) < 4.78 is 0. The van der Waals surface area contributed by atoms with Crippen LogP contribution < -0.4 is 0 Å². The minimum absolute atomic E-state index is 0.371. The number of aliphatic hydroxyl groups is 1. The summed E-state index contributed by atoms with van der Waals surface area (Å²) in [6.45, 7) is 8.31. The molecular formula is C16H25NO. The van der Waals surface area contributed by atoms with Crippen molar-refractivity contribution in [2.75, 3.05) is 20.1 Å². The Morgan fingerprint density at radius 1 is 1.39 bits per heavy atom. The smallest absolute Gasteiger partial charge is 0.0919 e. The Morgan fingerprint density at radius 2 is 2.06 bits per heavy atom. The maximum atomic E-state index is 10.3. The van der Waals surface area contributed by atoms with E-state index in [0.29, 0.717) is 0 Å². The number of aryl methyl sites for hydroxylation is 2. The Hall–Kier alpha value is -0.860. The van der Waals surface area contributed by atoms with E-state index in [0.717, 1.165) is 30.5 Å². The molecule has 0 aromatic heterocycles. The third-order valence-corrected chi connectivity index (χ3v) is 4.09. The molecule has 1 aromatic carbocycles. The molecule has 0 heterocycles. The molecule has 0 aliphatic heterocycles. The highest BCUT2D eigenvalue weighted by Gasteiger charge is 2.33. The lowest BCUT2D eigenvalue weighted by Gasteiger charge is -2.22. The van der Waals surface area contributed by atoms with Gasteiger partial charge in [-0.25, -0.2) is 0 Å². The van der Waals surface area contributed by atoms with E-state index in [4.69, 9.17) is 0 Å². The molecule has 2 nitrogen and oxygen atoms in total. The molecule has 1 aromatic rings. The van der Waals surface area contributed by atoms with Crippen LogP contribution >= 0.6 is 0 Å². The first-order valence-electron chi connectivity index (χ1n) is 6.91. The van der Waals surface area contributed by atoms with E-state index < -0.39 is 0 Å². The average Bonchev–Trinajstić information content (AvgIpc) is 2.93. The van der Waals surface area contributed by atoms with Crippen LogP contribution in [0.4, 0.5) is 0 Å². The van der Waals surface area contributed by atoms with Crippen molar-refractivity contribution < 1.29 is 5.11 Å². The second kappa shape index (κ2) is 5.41. The summed E-state index contributed by atoms with van der Waals surface area (Å²) in [5.74, 6) is 1.73. The van der Waals surface area contributed by atoms with Gasteiger partial charge < -0.3 is 10.0 Å². The Morgan fingerprint density at radius 3 is 2.61 bits per heavy atom. The van der Waals surface area contributed by atoms with Crippen molar-refractivity contribution in [2.24, 2.45) is 11.8 Å². The zero-order valence-electron chi connectivity index (χ0n) is 12.0. The summed E-state index contributed by atoms with van der Waals surface area (Å²) in [6.07, 6.45) is 0.980. The Balaban J connectivity index is 1.91. The number of aliphatic hydroxyl groups excluding tert-OH is 1. The van der Waals surface area contributed by atoms with E-state index in [-0.39, 0.29) is 6.10 Å². The van der Waals surface area contributed by atoms with E-state index in [9.17, 15) is 5.11 Å². The monoisotopic (exact) mass is 247 g/mol. The molecule has 1 saturated carbocycles. The first-order valence-corrected chi connectivity index (χ1v) is 6.91. The number of rotatable bonds is 5. The summed E-state index contributed by atoms with van der Waals surface area (Å²) in [5.41, 5.74) is 3.51. The molecule has 0 saturated heterocycles. The zero-order chi connectivity index (χ0) is 13.3. The molecule has 3 atom stereocenters. The van der Waals surface area contributed by atoms with Crippen molar-refractivity contribution in [3.8, 4) is 0 Å². The number of nitrogens with zero attached hydrogens (tertiary/aromatic N) is 1. The maximum Gasteiger partial charge on any atom is 0.0919 e. The highest BCUT2D eigenvalue weighted by Crippen LogP contribution is 2.38. The summed E-state index contributed by atoms with van der Waals surface area (Å²) in [4.78, 5) is 2.26. The fourth-order valence-corrected chi connectivity index (χ4v) is 2.72. The molecule has 0 bridgehead atoms. The van der Waals surface area contributed by atoms with Gasteiger partial charge in [-0.15, -0.1) is 0 Å². The molecule has 1 aliphatic carbocycles. The van der Waals surface area contributed by atoms with Crippen LogP contribution in [0.5, 0.6) is 0 Å². The van der Waals surface area contributed by atoms with E-state index in [1.807, 2.05) is 0 Å². The molecular weight excluding hydrogens is 222 g/mol. The van der Waals surface area contributed by atoms with E-state index in [1.165, 1.54) is 17.5 Å². The molecule has 100 valence electrons. The molecule has 0 amide bonds.